The van der Waals surface area contributed by atoms with Crippen LogP contribution in [0.2, 0.25) is 0 Å². The molecule has 0 N–H and O–H groups in total. The predicted octanol–water partition coefficient (Wildman–Crippen LogP) is 3.43. The molecule has 4 rings (SSSR count). The van der Waals surface area contributed by atoms with Gasteiger partial charge in [0.2, 0.25) is 0 Å². The maximum Gasteiger partial charge on any atom is 0.137 e. The molecule has 3 aromatic carbocycles. The Labute approximate surface area is 169 Å². The highest BCUT2D eigenvalue weighted by atomic mass is 16.5. The van der Waals surface area contributed by atoms with Crippen LogP contribution in [0.5, 0.6) is 0 Å². The van der Waals surface area contributed by atoms with Gasteiger partial charge in [-0.3, -0.25) is 0 Å². The van der Waals surface area contributed by atoms with Crippen molar-refractivity contribution in [3.63, 3.8) is 0 Å². The molecule has 1 aliphatic rings. The lowest BCUT2D eigenvalue weighted by Crippen LogP contribution is -2.51. The van der Waals surface area contributed by atoms with Crippen LogP contribution in [-0.2, 0) is 11.3 Å². The molecular weight excluding hydrogens is 364 g/mol. The maximum atomic E-state index is 11.4. The van der Waals surface area contributed by atoms with Crippen LogP contribution in [0.1, 0.15) is 29.0 Å². The Morgan fingerprint density at radius 1 is 1.10 bits per heavy atom. The van der Waals surface area contributed by atoms with E-state index in [0.717, 1.165) is 16.5 Å². The number of hydrogen-bond acceptors (Lipinski definition) is 4. The summed E-state index contributed by atoms with van der Waals surface area (Å²) in [7, 11) is 0. The number of likely N-dealkylation sites (tertiary alicyclic amines) is 1. The zero-order valence-electron chi connectivity index (χ0n) is 16.0. The molecule has 5 nitrogen and oxygen atoms in total. The summed E-state index contributed by atoms with van der Waals surface area (Å²) in [6.07, 6.45) is -0.786. The number of carboxylic acid groups (broad SMARTS) is 1. The molecular formula is C24H21N2O3-. The third-order valence-electron chi connectivity index (χ3n) is 5.56. The molecule has 3 aromatic rings. The Balaban J connectivity index is 1.53. The first-order chi connectivity index (χ1) is 14.1. The highest BCUT2D eigenvalue weighted by molar-refractivity contribution is 5.82. The Hall–Kier alpha value is -3.36. The van der Waals surface area contributed by atoms with Gasteiger partial charge in [0.05, 0.1) is 24.3 Å². The van der Waals surface area contributed by atoms with E-state index < -0.39 is 6.09 Å². The minimum Gasteiger partial charge on any atom is -0.530 e. The van der Waals surface area contributed by atoms with Crippen molar-refractivity contribution >= 4 is 16.9 Å². The average molecular weight is 385 g/mol. The van der Waals surface area contributed by atoms with Crippen LogP contribution in [0.3, 0.4) is 0 Å². The number of nitriles is 1. The van der Waals surface area contributed by atoms with E-state index in [2.05, 4.69) is 30.3 Å². The lowest BCUT2D eigenvalue weighted by molar-refractivity contribution is -0.268. The smallest absolute Gasteiger partial charge is 0.137 e. The largest absolute Gasteiger partial charge is 0.530 e. The highest BCUT2D eigenvalue weighted by Crippen LogP contribution is 2.31. The molecule has 29 heavy (non-hydrogen) atoms. The van der Waals surface area contributed by atoms with Gasteiger partial charge < -0.3 is 19.5 Å². The number of piperidine rings is 1. The molecule has 1 amide bonds. The first-order valence-corrected chi connectivity index (χ1v) is 9.69. The second kappa shape index (κ2) is 8.34. The molecule has 2 unspecified atom stereocenters. The van der Waals surface area contributed by atoms with E-state index in [-0.39, 0.29) is 18.6 Å². The highest BCUT2D eigenvalue weighted by Gasteiger charge is 2.31. The molecule has 0 bridgehead atoms. The van der Waals surface area contributed by atoms with Gasteiger partial charge in [0.15, 0.2) is 0 Å². The van der Waals surface area contributed by atoms with E-state index in [1.165, 1.54) is 10.3 Å². The molecule has 0 radical (unpaired) electrons. The number of rotatable bonds is 4. The Kier molecular flexibility index (Phi) is 5.46. The van der Waals surface area contributed by atoms with Crippen molar-refractivity contribution < 1.29 is 14.6 Å². The van der Waals surface area contributed by atoms with Crippen LogP contribution >= 0.6 is 0 Å². The number of amides is 1. The van der Waals surface area contributed by atoms with Crippen molar-refractivity contribution in [1.29, 1.82) is 5.26 Å². The van der Waals surface area contributed by atoms with Crippen LogP contribution in [0.15, 0.2) is 66.7 Å². The van der Waals surface area contributed by atoms with Crippen molar-refractivity contribution in [1.82, 2.24) is 4.90 Å². The van der Waals surface area contributed by atoms with Gasteiger partial charge in [-0.2, -0.15) is 5.26 Å². The number of carbonyl (C=O) groups is 1. The van der Waals surface area contributed by atoms with Gasteiger partial charge in [-0.05, 0) is 46.5 Å². The maximum absolute atomic E-state index is 11.4. The minimum atomic E-state index is -1.16. The average Bonchev–Trinajstić information content (AvgIpc) is 2.77. The third-order valence-corrected chi connectivity index (χ3v) is 5.56. The van der Waals surface area contributed by atoms with Crippen LogP contribution in [0.25, 0.3) is 10.8 Å². The Bertz CT molecular complexity index is 1060. The number of nitrogens with zero attached hydrogens (tertiary/aromatic N) is 2. The summed E-state index contributed by atoms with van der Waals surface area (Å²) < 4.78 is 6.22. The van der Waals surface area contributed by atoms with Gasteiger partial charge in [0.1, 0.15) is 6.09 Å². The summed E-state index contributed by atoms with van der Waals surface area (Å²) in [5, 5.41) is 22.7. The van der Waals surface area contributed by atoms with Gasteiger partial charge in [0.25, 0.3) is 0 Å². The van der Waals surface area contributed by atoms with Gasteiger partial charge in [-0.15, -0.1) is 0 Å². The lowest BCUT2D eigenvalue weighted by Gasteiger charge is -2.40. The van der Waals surface area contributed by atoms with Crippen molar-refractivity contribution in [3.8, 4) is 6.07 Å². The van der Waals surface area contributed by atoms with Crippen LogP contribution < -0.4 is 5.11 Å². The first kappa shape index (κ1) is 19.0. The Morgan fingerprint density at radius 2 is 1.86 bits per heavy atom. The van der Waals surface area contributed by atoms with Crippen LogP contribution in [0, 0.1) is 11.3 Å². The van der Waals surface area contributed by atoms with Crippen molar-refractivity contribution in [2.45, 2.75) is 25.0 Å². The zero-order chi connectivity index (χ0) is 20.2. The van der Waals surface area contributed by atoms with Gasteiger partial charge in [0, 0.05) is 19.0 Å². The first-order valence-electron chi connectivity index (χ1n) is 9.69. The second-order valence-corrected chi connectivity index (χ2v) is 7.37. The summed E-state index contributed by atoms with van der Waals surface area (Å²) in [6, 6.07) is 23.9. The fourth-order valence-corrected chi connectivity index (χ4v) is 3.97. The zero-order valence-corrected chi connectivity index (χ0v) is 16.0. The van der Waals surface area contributed by atoms with E-state index in [1.54, 1.807) is 12.1 Å². The van der Waals surface area contributed by atoms with Crippen LogP contribution in [0.4, 0.5) is 4.79 Å². The SMILES string of the molecule is N#Cc1ccc(C2CCN(C(=O)[O-])CC2OCc2ccc3ccccc3c2)cc1. The topological polar surface area (TPSA) is 76.4 Å². The summed E-state index contributed by atoms with van der Waals surface area (Å²) in [5.74, 6) is 0.0683. The molecule has 5 heteroatoms. The fraction of sp³-hybridized carbons (Fsp3) is 0.250. The second-order valence-electron chi connectivity index (χ2n) is 7.37. The van der Waals surface area contributed by atoms with Gasteiger partial charge in [-0.1, -0.05) is 48.5 Å². The number of fused-ring (bicyclic) bond motifs is 1. The predicted molar refractivity (Wildman–Crippen MR) is 108 cm³/mol. The van der Waals surface area contributed by atoms with E-state index >= 15 is 0 Å². The summed E-state index contributed by atoms with van der Waals surface area (Å²) in [5.41, 5.74) is 2.72. The molecule has 0 aliphatic carbocycles. The molecule has 0 aromatic heterocycles. The van der Waals surface area contributed by atoms with E-state index in [1.807, 2.05) is 30.3 Å². The standard InChI is InChI=1S/C24H22N2O3/c25-14-17-5-9-20(10-6-17)22-11-12-26(24(27)28)15-23(22)29-16-18-7-8-19-3-1-2-4-21(19)13-18/h1-10,13,22-23H,11-12,15-16H2,(H,27,28)/p-1. The minimum absolute atomic E-state index is 0.0683. The number of carbonyl (C=O) groups excluding carboxylic acids is 1. The molecule has 1 aliphatic heterocycles. The summed E-state index contributed by atoms with van der Waals surface area (Å²) >= 11 is 0. The monoisotopic (exact) mass is 385 g/mol. The summed E-state index contributed by atoms with van der Waals surface area (Å²) in [4.78, 5) is 12.7. The molecule has 0 saturated carbocycles. The van der Waals surface area contributed by atoms with Gasteiger partial charge >= 0.3 is 0 Å². The normalized spacial score (nSPS) is 19.1. The Morgan fingerprint density at radius 3 is 2.59 bits per heavy atom. The van der Waals surface area contributed by atoms with Gasteiger partial charge in [-0.25, -0.2) is 0 Å². The molecule has 1 fully saturated rings. The van der Waals surface area contributed by atoms with E-state index in [0.29, 0.717) is 25.1 Å². The number of hydrogen-bond donors (Lipinski definition) is 0. The van der Waals surface area contributed by atoms with E-state index in [4.69, 9.17) is 10.00 Å². The summed E-state index contributed by atoms with van der Waals surface area (Å²) in [6.45, 7) is 1.10. The molecule has 0 spiro atoms. The van der Waals surface area contributed by atoms with Crippen molar-refractivity contribution in [2.75, 3.05) is 13.1 Å². The van der Waals surface area contributed by atoms with Crippen LogP contribution in [-0.4, -0.2) is 30.2 Å². The quantitative estimate of drug-likeness (QED) is 0.689. The number of ether oxygens (including phenoxy) is 1. The fourth-order valence-electron chi connectivity index (χ4n) is 3.97. The lowest BCUT2D eigenvalue weighted by atomic mass is 9.86. The molecule has 146 valence electrons. The molecule has 1 saturated heterocycles. The van der Waals surface area contributed by atoms with Crippen molar-refractivity contribution in [2.24, 2.45) is 0 Å². The molecule has 2 atom stereocenters. The number of benzene rings is 3. The molecule has 1 heterocycles. The third kappa shape index (κ3) is 4.23. The van der Waals surface area contributed by atoms with Crippen molar-refractivity contribution in [3.05, 3.63) is 83.4 Å². The van der Waals surface area contributed by atoms with E-state index in [9.17, 15) is 9.90 Å².